The highest BCUT2D eigenvalue weighted by molar-refractivity contribution is 7.21. The van der Waals surface area contributed by atoms with Crippen molar-refractivity contribution in [3.05, 3.63) is 71.1 Å². The van der Waals surface area contributed by atoms with Crippen LogP contribution >= 0.6 is 11.3 Å². The number of nitrogens with zero attached hydrogens (tertiary/aromatic N) is 3. The Balaban J connectivity index is 1.33. The number of ether oxygens (including phenoxy) is 1. The van der Waals surface area contributed by atoms with E-state index in [1.807, 2.05) is 7.05 Å². The van der Waals surface area contributed by atoms with Crippen LogP contribution in [0.3, 0.4) is 0 Å². The number of pyridine rings is 1. The van der Waals surface area contributed by atoms with Crippen LogP contribution in [-0.2, 0) is 0 Å². The quantitative estimate of drug-likeness (QED) is 0.343. The number of para-hydroxylation sites is 1. The topological polar surface area (TPSA) is 86.8 Å². The van der Waals surface area contributed by atoms with E-state index in [2.05, 4.69) is 20.5 Å². The number of likely N-dealkylation sites (tertiary alicyclic amines) is 1. The molecule has 2 aliphatic heterocycles. The number of anilines is 3. The van der Waals surface area contributed by atoms with Gasteiger partial charge < -0.3 is 20.3 Å². The highest BCUT2D eigenvalue weighted by Crippen LogP contribution is 2.46. The molecule has 0 saturated carbocycles. The van der Waals surface area contributed by atoms with Crippen molar-refractivity contribution in [3.8, 4) is 11.5 Å². The molecule has 4 heterocycles. The molecule has 0 radical (unpaired) electrons. The Hall–Kier alpha value is -3.95. The Morgan fingerprint density at radius 1 is 1.22 bits per heavy atom. The minimum Gasteiger partial charge on any atom is -0.457 e. The van der Waals surface area contributed by atoms with Crippen LogP contribution in [0.1, 0.15) is 34.9 Å². The molecule has 1 atom stereocenters. The third-order valence-corrected chi connectivity index (χ3v) is 7.61. The zero-order valence-corrected chi connectivity index (χ0v) is 21.1. The van der Waals surface area contributed by atoms with Gasteiger partial charge in [-0.3, -0.25) is 9.69 Å². The lowest BCUT2D eigenvalue weighted by Crippen LogP contribution is -2.46. The maximum Gasteiger partial charge on any atom is 0.331 e. The van der Waals surface area contributed by atoms with Crippen molar-refractivity contribution in [2.75, 3.05) is 30.4 Å². The number of aryl methyl sites for hydroxylation is 1. The number of rotatable bonds is 5. The van der Waals surface area contributed by atoms with Crippen molar-refractivity contribution in [1.29, 1.82) is 0 Å². The van der Waals surface area contributed by atoms with Gasteiger partial charge >= 0.3 is 6.03 Å². The third kappa shape index (κ3) is 4.41. The van der Waals surface area contributed by atoms with Gasteiger partial charge in [-0.15, -0.1) is 11.3 Å². The van der Waals surface area contributed by atoms with Gasteiger partial charge in [0.05, 0.1) is 29.3 Å². The summed E-state index contributed by atoms with van der Waals surface area (Å²) in [7, 11) is 2.03. The number of carbonyl (C=O) groups excluding carboxylic acids is 2. The van der Waals surface area contributed by atoms with Crippen LogP contribution in [-0.4, -0.2) is 48.0 Å². The molecule has 0 bridgehead atoms. The normalized spacial score (nSPS) is 19.4. The predicted molar refractivity (Wildman–Crippen MR) is 146 cm³/mol. The second kappa shape index (κ2) is 9.49. The lowest BCUT2D eigenvalue weighted by Gasteiger charge is -2.31. The zero-order valence-electron chi connectivity index (χ0n) is 25.3. The standard InChI is InChI=1S/C28H27N5O3S/c1-17-15-20(36-19-8-4-3-5-9-19)10-11-21(17)33-22-12-13-29-27-23(22)24(31-28(33)35)25(37-27)26(34)30-18-7-6-14-32(2)16-18/h3-5,8-13,15,18H,6-7,14,16H2,1-2H3,(H,30,34)(H,31,35)/i3D,4D,5D,8D,9D. The Kier molecular flexibility index (Phi) is 4.70. The third-order valence-electron chi connectivity index (χ3n) is 6.52. The van der Waals surface area contributed by atoms with E-state index in [9.17, 15) is 9.59 Å². The SMILES string of the molecule is [2H]c1c([2H])c([2H])c(Oc2ccc(N3C(=O)Nc4c(C(=O)NC5CCCN(C)C5)sc5nccc3c45)c(C)c2)c([2H])c1[2H]. The van der Waals surface area contributed by atoms with Gasteiger partial charge in [-0.1, -0.05) is 18.1 Å². The molecule has 1 saturated heterocycles. The molecule has 2 aliphatic rings. The monoisotopic (exact) mass is 518 g/mol. The van der Waals surface area contributed by atoms with E-state index < -0.39 is 36.2 Å². The average molecular weight is 519 g/mol. The first-order chi connectivity index (χ1) is 20.0. The average Bonchev–Trinajstić information content (AvgIpc) is 3.33. The van der Waals surface area contributed by atoms with E-state index >= 15 is 0 Å². The summed E-state index contributed by atoms with van der Waals surface area (Å²) >= 11 is 1.24. The lowest BCUT2D eigenvalue weighted by atomic mass is 10.1. The van der Waals surface area contributed by atoms with Crippen molar-refractivity contribution < 1.29 is 21.2 Å². The molecule has 6 rings (SSSR count). The Morgan fingerprint density at radius 3 is 2.84 bits per heavy atom. The first kappa shape index (κ1) is 18.3. The molecule has 2 N–H and O–H groups in total. The van der Waals surface area contributed by atoms with Crippen molar-refractivity contribution in [3.63, 3.8) is 0 Å². The number of thiophene rings is 1. The molecular formula is C28H27N5O3S. The number of carbonyl (C=O) groups is 2. The first-order valence-electron chi connectivity index (χ1n) is 14.4. The fraction of sp³-hybridized carbons (Fsp3) is 0.250. The maximum absolute atomic E-state index is 13.5. The van der Waals surface area contributed by atoms with Gasteiger partial charge in [0.15, 0.2) is 0 Å². The van der Waals surface area contributed by atoms with Crippen molar-refractivity contribution in [2.45, 2.75) is 25.8 Å². The van der Waals surface area contributed by atoms with Crippen LogP contribution in [0.5, 0.6) is 11.5 Å². The summed E-state index contributed by atoms with van der Waals surface area (Å²) < 4.78 is 45.5. The highest BCUT2D eigenvalue weighted by Gasteiger charge is 2.34. The zero-order chi connectivity index (χ0) is 29.9. The second-order valence-electron chi connectivity index (χ2n) is 9.16. The van der Waals surface area contributed by atoms with Gasteiger partial charge in [-0.05, 0) is 75.3 Å². The van der Waals surface area contributed by atoms with E-state index in [-0.39, 0.29) is 23.4 Å². The summed E-state index contributed by atoms with van der Waals surface area (Å²) in [5.41, 5.74) is 2.20. The van der Waals surface area contributed by atoms with Crippen molar-refractivity contribution in [2.24, 2.45) is 0 Å². The van der Waals surface area contributed by atoms with Crippen LogP contribution < -0.4 is 20.3 Å². The Labute approximate surface area is 225 Å². The summed E-state index contributed by atoms with van der Waals surface area (Å²) in [6.45, 7) is 3.55. The Morgan fingerprint density at radius 2 is 2.05 bits per heavy atom. The van der Waals surface area contributed by atoms with E-state index in [1.54, 1.807) is 37.4 Å². The minimum absolute atomic E-state index is 0.0304. The number of hydrogen-bond acceptors (Lipinski definition) is 6. The molecule has 8 nitrogen and oxygen atoms in total. The van der Waals surface area contributed by atoms with Crippen LogP contribution in [0.15, 0.2) is 60.7 Å². The van der Waals surface area contributed by atoms with Crippen LogP contribution in [0.25, 0.3) is 10.2 Å². The largest absolute Gasteiger partial charge is 0.457 e. The van der Waals surface area contributed by atoms with Crippen LogP contribution in [0, 0.1) is 6.92 Å². The molecule has 1 fully saturated rings. The molecule has 2 aromatic carbocycles. The number of likely N-dealkylation sites (N-methyl/N-ethyl adjacent to an activating group) is 1. The number of aromatic nitrogens is 1. The minimum atomic E-state index is -0.501. The number of hydrogen-bond donors (Lipinski definition) is 2. The second-order valence-corrected chi connectivity index (χ2v) is 10.2. The fourth-order valence-electron chi connectivity index (χ4n) is 4.87. The van der Waals surface area contributed by atoms with Crippen LogP contribution in [0.2, 0.25) is 0 Å². The molecule has 2 aromatic heterocycles. The van der Waals surface area contributed by atoms with Crippen molar-refractivity contribution in [1.82, 2.24) is 15.2 Å². The first-order valence-corrected chi connectivity index (χ1v) is 12.7. The van der Waals surface area contributed by atoms with Gasteiger partial charge in [0.1, 0.15) is 21.2 Å². The number of benzene rings is 2. The molecule has 188 valence electrons. The van der Waals surface area contributed by atoms with Gasteiger partial charge in [0.25, 0.3) is 5.91 Å². The van der Waals surface area contributed by atoms with Gasteiger partial charge in [0.2, 0.25) is 0 Å². The van der Waals surface area contributed by atoms with Gasteiger partial charge in [-0.2, -0.15) is 0 Å². The molecule has 37 heavy (non-hydrogen) atoms. The summed E-state index contributed by atoms with van der Waals surface area (Å²) in [6.07, 6.45) is 3.51. The molecule has 4 aromatic rings. The highest BCUT2D eigenvalue weighted by atomic mass is 32.1. The van der Waals surface area contributed by atoms with E-state index in [4.69, 9.17) is 11.6 Å². The smallest absolute Gasteiger partial charge is 0.331 e. The molecule has 9 heteroatoms. The summed E-state index contributed by atoms with van der Waals surface area (Å²) in [4.78, 5) is 36.1. The summed E-state index contributed by atoms with van der Waals surface area (Å²) in [6, 6.07) is 3.80. The predicted octanol–water partition coefficient (Wildman–Crippen LogP) is 5.90. The van der Waals surface area contributed by atoms with Gasteiger partial charge in [0, 0.05) is 18.8 Å². The van der Waals surface area contributed by atoms with Crippen molar-refractivity contribution >= 4 is 50.6 Å². The van der Waals surface area contributed by atoms with E-state index in [1.165, 1.54) is 16.2 Å². The number of nitrogens with one attached hydrogen (secondary N) is 2. The molecule has 3 amide bonds. The van der Waals surface area contributed by atoms with E-state index in [0.29, 0.717) is 37.7 Å². The molecule has 0 spiro atoms. The van der Waals surface area contributed by atoms with Crippen LogP contribution in [0.4, 0.5) is 21.9 Å². The molecular weight excluding hydrogens is 486 g/mol. The number of piperidine rings is 1. The Bertz CT molecular complexity index is 1750. The fourth-order valence-corrected chi connectivity index (χ4v) is 5.89. The summed E-state index contributed by atoms with van der Waals surface area (Å²) in [5, 5.41) is 6.70. The van der Waals surface area contributed by atoms with E-state index in [0.717, 1.165) is 25.9 Å². The number of amides is 3. The maximum atomic E-state index is 13.5. The molecule has 1 unspecified atom stereocenters. The molecule has 0 aliphatic carbocycles. The lowest BCUT2D eigenvalue weighted by molar-refractivity contribution is 0.0917. The van der Waals surface area contributed by atoms with Gasteiger partial charge in [-0.25, -0.2) is 9.78 Å². The summed E-state index contributed by atoms with van der Waals surface area (Å²) in [5.74, 6) is -0.276. The number of urea groups is 1.